The lowest BCUT2D eigenvalue weighted by atomic mass is 9.96. The third-order valence-electron chi connectivity index (χ3n) is 4.85. The fraction of sp³-hybridized carbons (Fsp3) is 0.895. The number of piperazine rings is 1. The van der Waals surface area contributed by atoms with Crippen LogP contribution in [0.4, 0.5) is 0 Å². The molecule has 0 amide bonds. The van der Waals surface area contributed by atoms with Gasteiger partial charge in [-0.3, -0.25) is 9.59 Å². The Labute approximate surface area is 158 Å². The average Bonchev–Trinajstić information content (AvgIpc) is 2.60. The highest BCUT2D eigenvalue weighted by atomic mass is 16.5. The van der Waals surface area contributed by atoms with Crippen molar-refractivity contribution in [3.63, 3.8) is 0 Å². The minimum absolute atomic E-state index is 0.0498. The Hall–Kier alpha value is -1.18. The molecule has 0 spiro atoms. The van der Waals surface area contributed by atoms with Gasteiger partial charge in [0.25, 0.3) is 0 Å². The molecule has 0 unspecified atom stereocenters. The number of carbonyl (C=O) groups is 2. The van der Waals surface area contributed by atoms with Gasteiger partial charge in [-0.25, -0.2) is 0 Å². The summed E-state index contributed by atoms with van der Waals surface area (Å²) in [4.78, 5) is 26.8. The molecule has 0 aromatic carbocycles. The summed E-state index contributed by atoms with van der Waals surface area (Å²) in [5.74, 6) is 0.364. The highest BCUT2D eigenvalue weighted by Crippen LogP contribution is 2.14. The smallest absolute Gasteiger partial charge is 0.307 e. The zero-order chi connectivity index (χ0) is 19.4. The van der Waals surface area contributed by atoms with Crippen LogP contribution in [-0.4, -0.2) is 87.8 Å². The third-order valence-corrected chi connectivity index (χ3v) is 4.85. The average molecular weight is 372 g/mol. The van der Waals surface area contributed by atoms with E-state index in [0.717, 1.165) is 39.1 Å². The maximum absolute atomic E-state index is 11.3. The molecule has 2 heterocycles. The van der Waals surface area contributed by atoms with Crippen molar-refractivity contribution in [2.75, 3.05) is 60.0 Å². The Morgan fingerprint density at radius 1 is 1.04 bits per heavy atom. The maximum atomic E-state index is 11.3. The Morgan fingerprint density at radius 3 is 2.27 bits per heavy atom. The molecule has 2 saturated heterocycles. The number of nitrogens with zero attached hydrogens (tertiary/aromatic N) is 2. The number of carbonyl (C=O) groups excluding carboxylic acids is 2. The predicted molar refractivity (Wildman–Crippen MR) is 102 cm³/mol. The summed E-state index contributed by atoms with van der Waals surface area (Å²) in [5.41, 5.74) is 0. The molecule has 0 aliphatic carbocycles. The normalized spacial score (nSPS) is 24.3. The Morgan fingerprint density at radius 2 is 1.69 bits per heavy atom. The Kier molecular flexibility index (Phi) is 11.5. The number of piperidine rings is 1. The molecule has 26 heavy (non-hydrogen) atoms. The first kappa shape index (κ1) is 22.9. The third kappa shape index (κ3) is 9.50. The van der Waals surface area contributed by atoms with Crippen LogP contribution in [0.15, 0.2) is 0 Å². The van der Waals surface area contributed by atoms with Crippen LogP contribution in [0.1, 0.15) is 39.5 Å². The fourth-order valence-electron chi connectivity index (χ4n) is 3.29. The zero-order valence-electron chi connectivity index (χ0n) is 17.0. The van der Waals surface area contributed by atoms with Crippen LogP contribution >= 0.6 is 0 Å². The van der Waals surface area contributed by atoms with E-state index in [2.05, 4.69) is 29.2 Å². The number of hydrogen-bond acceptors (Lipinski definition) is 7. The second-order valence-electron chi connectivity index (χ2n) is 7.13. The van der Waals surface area contributed by atoms with Crippen molar-refractivity contribution < 1.29 is 19.1 Å². The second-order valence-corrected chi connectivity index (χ2v) is 7.13. The van der Waals surface area contributed by atoms with Crippen molar-refractivity contribution in [1.82, 2.24) is 15.1 Å². The minimum atomic E-state index is -0.0837. The largest absolute Gasteiger partial charge is 0.466 e. The van der Waals surface area contributed by atoms with Gasteiger partial charge in [-0.2, -0.15) is 0 Å². The Bertz CT molecular complexity index is 414. The lowest BCUT2D eigenvalue weighted by Gasteiger charge is -2.37. The Balaban J connectivity index is 0.000000263. The van der Waals surface area contributed by atoms with E-state index < -0.39 is 0 Å². The van der Waals surface area contributed by atoms with Gasteiger partial charge < -0.3 is 24.6 Å². The molecule has 2 fully saturated rings. The maximum Gasteiger partial charge on any atom is 0.307 e. The topological polar surface area (TPSA) is 71.1 Å². The molecular formula is C19H37N3O4. The molecule has 152 valence electrons. The number of likely N-dealkylation sites (N-methyl/N-ethyl adjacent to an activating group) is 2. The molecule has 0 saturated carbocycles. The van der Waals surface area contributed by atoms with Gasteiger partial charge in [0, 0.05) is 32.1 Å². The van der Waals surface area contributed by atoms with Crippen LogP contribution in [0.2, 0.25) is 0 Å². The van der Waals surface area contributed by atoms with Crippen molar-refractivity contribution in [2.24, 2.45) is 5.92 Å². The molecule has 7 nitrogen and oxygen atoms in total. The van der Waals surface area contributed by atoms with Crippen molar-refractivity contribution in [1.29, 1.82) is 0 Å². The SMILES string of the molecule is CCOC(=O)C[C@@H]1CCCNC1.CCOC(=O)C[C@H]1CN(C)CCN1C. The van der Waals surface area contributed by atoms with Gasteiger partial charge in [0.15, 0.2) is 0 Å². The summed E-state index contributed by atoms with van der Waals surface area (Å²) in [5, 5.41) is 3.27. The fourth-order valence-corrected chi connectivity index (χ4v) is 3.29. The highest BCUT2D eigenvalue weighted by molar-refractivity contribution is 5.70. The number of nitrogens with one attached hydrogen (secondary N) is 1. The van der Waals surface area contributed by atoms with Gasteiger partial charge >= 0.3 is 11.9 Å². The van der Waals surface area contributed by atoms with Crippen LogP contribution in [0.25, 0.3) is 0 Å². The number of ether oxygens (including phenoxy) is 2. The molecule has 2 aliphatic heterocycles. The molecule has 0 radical (unpaired) electrons. The van der Waals surface area contributed by atoms with E-state index in [1.54, 1.807) is 0 Å². The van der Waals surface area contributed by atoms with Crippen molar-refractivity contribution in [3.05, 3.63) is 0 Å². The van der Waals surface area contributed by atoms with Crippen LogP contribution in [0.5, 0.6) is 0 Å². The molecule has 2 aliphatic rings. The molecular weight excluding hydrogens is 334 g/mol. The van der Waals surface area contributed by atoms with Gasteiger partial charge in [-0.05, 0) is 59.8 Å². The first-order chi connectivity index (χ1) is 12.5. The minimum Gasteiger partial charge on any atom is -0.466 e. The molecule has 1 N–H and O–H groups in total. The van der Waals surface area contributed by atoms with E-state index in [1.807, 2.05) is 13.8 Å². The van der Waals surface area contributed by atoms with Crippen molar-refractivity contribution >= 4 is 11.9 Å². The highest BCUT2D eigenvalue weighted by Gasteiger charge is 2.24. The van der Waals surface area contributed by atoms with Gasteiger partial charge in [0.2, 0.25) is 0 Å². The van der Waals surface area contributed by atoms with Gasteiger partial charge in [0.05, 0.1) is 19.6 Å². The van der Waals surface area contributed by atoms with E-state index in [0.29, 0.717) is 38.0 Å². The van der Waals surface area contributed by atoms with Crippen LogP contribution in [0.3, 0.4) is 0 Å². The van der Waals surface area contributed by atoms with E-state index in [-0.39, 0.29) is 11.9 Å². The lowest BCUT2D eigenvalue weighted by molar-refractivity contribution is -0.145. The summed E-state index contributed by atoms with van der Waals surface area (Å²) in [6, 6.07) is 0.313. The molecule has 0 aromatic rings. The van der Waals surface area contributed by atoms with Crippen LogP contribution in [0, 0.1) is 5.92 Å². The first-order valence-corrected chi connectivity index (χ1v) is 9.86. The van der Waals surface area contributed by atoms with Crippen LogP contribution < -0.4 is 5.32 Å². The van der Waals surface area contributed by atoms with Gasteiger partial charge in [-0.1, -0.05) is 0 Å². The van der Waals surface area contributed by atoms with Crippen molar-refractivity contribution in [2.45, 2.75) is 45.6 Å². The monoisotopic (exact) mass is 371 g/mol. The molecule has 7 heteroatoms. The van der Waals surface area contributed by atoms with E-state index in [4.69, 9.17) is 9.47 Å². The van der Waals surface area contributed by atoms with Crippen molar-refractivity contribution in [3.8, 4) is 0 Å². The predicted octanol–water partition coefficient (Wildman–Crippen LogP) is 1.12. The number of rotatable bonds is 6. The molecule has 2 atom stereocenters. The van der Waals surface area contributed by atoms with E-state index >= 15 is 0 Å². The number of esters is 2. The molecule has 2 rings (SSSR count). The summed E-state index contributed by atoms with van der Waals surface area (Å²) in [7, 11) is 4.15. The summed E-state index contributed by atoms with van der Waals surface area (Å²) in [6.45, 7) is 9.79. The lowest BCUT2D eigenvalue weighted by Crippen LogP contribution is -2.50. The zero-order valence-corrected chi connectivity index (χ0v) is 17.0. The standard InChI is InChI=1S/C10H20N2O2.C9H17NO2/c1-4-14-10(13)7-9-8-11(2)5-6-12(9)3;1-2-12-9(11)6-8-4-3-5-10-7-8/h9H,4-8H2,1-3H3;8,10H,2-7H2,1H3/t9-;8-/m00/s1. The first-order valence-electron chi connectivity index (χ1n) is 9.86. The van der Waals surface area contributed by atoms with E-state index in [1.165, 1.54) is 6.42 Å². The molecule has 0 aromatic heterocycles. The number of hydrogen-bond donors (Lipinski definition) is 1. The van der Waals surface area contributed by atoms with Gasteiger partial charge in [0.1, 0.15) is 0 Å². The summed E-state index contributed by atoms with van der Waals surface area (Å²) in [6.07, 6.45) is 3.44. The summed E-state index contributed by atoms with van der Waals surface area (Å²) < 4.78 is 9.82. The van der Waals surface area contributed by atoms with E-state index in [9.17, 15) is 9.59 Å². The van der Waals surface area contributed by atoms with Crippen LogP contribution in [-0.2, 0) is 19.1 Å². The van der Waals surface area contributed by atoms with Gasteiger partial charge in [-0.15, -0.1) is 0 Å². The quantitative estimate of drug-likeness (QED) is 0.702. The summed E-state index contributed by atoms with van der Waals surface area (Å²) >= 11 is 0. The molecule has 0 bridgehead atoms. The second kappa shape index (κ2) is 13.1.